The number of anilines is 1. The van der Waals surface area contributed by atoms with E-state index in [9.17, 15) is 18.0 Å². The minimum Gasteiger partial charge on any atom is -0.489 e. The van der Waals surface area contributed by atoms with Crippen molar-refractivity contribution in [2.75, 3.05) is 11.9 Å². The van der Waals surface area contributed by atoms with Crippen LogP contribution < -0.4 is 19.8 Å². The highest BCUT2D eigenvalue weighted by Gasteiger charge is 2.27. The molecule has 42 heavy (non-hydrogen) atoms. The number of para-hydroxylation sites is 1. The van der Waals surface area contributed by atoms with E-state index in [-0.39, 0.29) is 23.7 Å². The summed E-state index contributed by atoms with van der Waals surface area (Å²) in [6.07, 6.45) is 4.32. The van der Waals surface area contributed by atoms with Gasteiger partial charge >= 0.3 is 12.6 Å². The van der Waals surface area contributed by atoms with Crippen molar-refractivity contribution in [3.63, 3.8) is 0 Å². The molecule has 2 aromatic heterocycles. The lowest BCUT2D eigenvalue weighted by atomic mass is 10.0. The van der Waals surface area contributed by atoms with Gasteiger partial charge in [0.25, 0.3) is 0 Å². The van der Waals surface area contributed by atoms with Gasteiger partial charge < -0.3 is 19.5 Å². The molecule has 1 aliphatic rings. The molecule has 0 unspecified atom stereocenters. The molecule has 6 nitrogen and oxygen atoms in total. The molecule has 0 saturated heterocycles. The Bertz CT molecular complexity index is 1530. The van der Waals surface area contributed by atoms with E-state index in [1.165, 1.54) is 35.6 Å². The summed E-state index contributed by atoms with van der Waals surface area (Å²) in [6, 6.07) is 14.1. The van der Waals surface area contributed by atoms with Gasteiger partial charge in [-0.15, -0.1) is 11.3 Å². The van der Waals surface area contributed by atoms with Crippen LogP contribution in [0.4, 0.5) is 18.9 Å². The van der Waals surface area contributed by atoms with Gasteiger partial charge in [0.1, 0.15) is 26.8 Å². The van der Waals surface area contributed by atoms with Gasteiger partial charge in [0.2, 0.25) is 0 Å². The first-order chi connectivity index (χ1) is 20.3. The molecule has 1 aliphatic carbocycles. The Morgan fingerprint density at radius 3 is 2.52 bits per heavy atom. The van der Waals surface area contributed by atoms with Crippen molar-refractivity contribution in [2.45, 2.75) is 38.5 Å². The highest BCUT2D eigenvalue weighted by molar-refractivity contribution is 7.13. The number of hydrogen-bond acceptors (Lipinski definition) is 6. The summed E-state index contributed by atoms with van der Waals surface area (Å²) in [5, 5.41) is 3.69. The summed E-state index contributed by atoms with van der Waals surface area (Å²) >= 11 is 14.0. The number of aromatic amines is 1. The third kappa shape index (κ3) is 7.87. The number of nitrogens with one attached hydrogen (secondary N) is 2. The summed E-state index contributed by atoms with van der Waals surface area (Å²) in [5.74, 6) is -0.615. The predicted molar refractivity (Wildman–Crippen MR) is 154 cm³/mol. The van der Waals surface area contributed by atoms with Crippen LogP contribution in [0.2, 0.25) is 10.0 Å². The number of esters is 1. The van der Waals surface area contributed by atoms with Gasteiger partial charge in [0.15, 0.2) is 23.9 Å². The van der Waals surface area contributed by atoms with Crippen molar-refractivity contribution in [2.24, 2.45) is 5.92 Å². The lowest BCUT2D eigenvalue weighted by Crippen LogP contribution is -2.15. The van der Waals surface area contributed by atoms with Crippen LogP contribution in [-0.2, 0) is 17.7 Å². The Labute approximate surface area is 254 Å². The monoisotopic (exact) mass is 637 g/mol. The van der Waals surface area contributed by atoms with E-state index in [1.807, 2.05) is 0 Å². The normalized spacial score (nSPS) is 13.6. The molecule has 220 valence electrons. The molecule has 2 heterocycles. The smallest absolute Gasteiger partial charge is 0.387 e. The van der Waals surface area contributed by atoms with Crippen LogP contribution in [-0.4, -0.2) is 19.2 Å². The Kier molecular flexibility index (Phi) is 9.76. The first kappa shape index (κ1) is 30.0. The molecule has 0 bridgehead atoms. The van der Waals surface area contributed by atoms with E-state index in [0.717, 1.165) is 17.7 Å². The minimum atomic E-state index is -3.04. The van der Waals surface area contributed by atoms with E-state index < -0.39 is 18.7 Å². The zero-order valence-corrected chi connectivity index (χ0v) is 24.4. The van der Waals surface area contributed by atoms with Crippen LogP contribution in [0.15, 0.2) is 67.0 Å². The van der Waals surface area contributed by atoms with Crippen LogP contribution in [0.5, 0.6) is 11.5 Å². The maximum atomic E-state index is 14.0. The van der Waals surface area contributed by atoms with Crippen LogP contribution in [0.1, 0.15) is 44.6 Å². The van der Waals surface area contributed by atoms with Crippen LogP contribution in [0.3, 0.4) is 0 Å². The van der Waals surface area contributed by atoms with Crippen molar-refractivity contribution in [1.82, 2.24) is 0 Å². The van der Waals surface area contributed by atoms with Crippen LogP contribution in [0, 0.1) is 11.7 Å². The number of carbonyl (C=O) groups is 1. The summed E-state index contributed by atoms with van der Waals surface area (Å²) in [6.45, 7) is -2.37. The molecule has 0 spiro atoms. The zero-order valence-electron chi connectivity index (χ0n) is 22.0. The number of halogens is 5. The Morgan fingerprint density at radius 2 is 1.81 bits per heavy atom. The average molecular weight is 639 g/mol. The number of rotatable bonds is 13. The molecular formula is C30H26Cl2F3N2O4S+. The second-order valence-corrected chi connectivity index (χ2v) is 11.6. The molecule has 1 atom stereocenters. The largest absolute Gasteiger partial charge is 0.489 e. The second-order valence-electron chi connectivity index (χ2n) is 9.67. The number of carbonyl (C=O) groups excluding carboxylic acids is 1. The summed E-state index contributed by atoms with van der Waals surface area (Å²) in [7, 11) is 0. The molecule has 0 aliphatic heterocycles. The van der Waals surface area contributed by atoms with Gasteiger partial charge in [-0.1, -0.05) is 41.4 Å². The van der Waals surface area contributed by atoms with E-state index >= 15 is 0 Å². The number of thiophene rings is 1. The van der Waals surface area contributed by atoms with Gasteiger partial charge in [-0.25, -0.2) is 14.2 Å². The number of hydrogen-bond donors (Lipinski definition) is 1. The van der Waals surface area contributed by atoms with Crippen molar-refractivity contribution < 1.29 is 37.2 Å². The Hall–Kier alpha value is -3.47. The standard InChI is InChI=1S/C30H25Cl2F3N2O4S/c31-21-14-36-15-22(32)20(21)12-26(18-7-9-25(41-30(34)35)27(11-18)39-16-17-5-6-17)40-29(38)28-10-8-19(42-28)13-37-24-4-2-1-3-23(24)33/h1-4,7-11,14-15,17,26,30,37H,5-6,12-13,16H2/p+1/t26-/m0/s1. The molecule has 5 rings (SSSR count). The van der Waals surface area contributed by atoms with E-state index in [1.54, 1.807) is 42.7 Å². The fourth-order valence-electron chi connectivity index (χ4n) is 4.16. The molecule has 4 aromatic rings. The second kappa shape index (κ2) is 13.7. The molecule has 2 aromatic carbocycles. The predicted octanol–water partition coefficient (Wildman–Crippen LogP) is 8.15. The van der Waals surface area contributed by atoms with Crippen LogP contribution >= 0.6 is 34.5 Å². The number of benzene rings is 2. The first-order valence-corrected chi connectivity index (χ1v) is 14.7. The fourth-order valence-corrected chi connectivity index (χ4v) is 5.53. The van der Waals surface area contributed by atoms with E-state index in [0.29, 0.717) is 50.8 Å². The van der Waals surface area contributed by atoms with Crippen LogP contribution in [0.25, 0.3) is 0 Å². The summed E-state index contributed by atoms with van der Waals surface area (Å²) < 4.78 is 56.6. The lowest BCUT2D eigenvalue weighted by molar-refractivity contribution is -0.377. The Morgan fingerprint density at radius 1 is 1.05 bits per heavy atom. The van der Waals surface area contributed by atoms with Gasteiger partial charge in [-0.05, 0) is 60.7 Å². The number of aromatic nitrogens is 1. The molecular weight excluding hydrogens is 612 g/mol. The van der Waals surface area contributed by atoms with E-state index in [4.69, 9.17) is 32.7 Å². The topological polar surface area (TPSA) is 70.9 Å². The molecule has 2 N–H and O–H groups in total. The van der Waals surface area contributed by atoms with Gasteiger partial charge in [0.05, 0.1) is 12.3 Å². The molecule has 1 fully saturated rings. The van der Waals surface area contributed by atoms with Crippen molar-refractivity contribution in [3.05, 3.63) is 104 Å². The molecule has 1 saturated carbocycles. The number of ether oxygens (including phenoxy) is 3. The van der Waals surface area contributed by atoms with Gasteiger partial charge in [0, 0.05) is 23.4 Å². The molecule has 0 radical (unpaired) electrons. The SMILES string of the molecule is O=C(O[C@@H](Cc1c(Cl)c[nH+]cc1Cl)c1ccc(OC(F)F)c(OCC2CC2)c1)c1ccc(CNc2ccccc2F)s1. The van der Waals surface area contributed by atoms with E-state index in [2.05, 4.69) is 15.0 Å². The quantitative estimate of drug-likeness (QED) is 0.150. The summed E-state index contributed by atoms with van der Waals surface area (Å²) in [4.78, 5) is 17.3. The summed E-state index contributed by atoms with van der Waals surface area (Å²) in [5.41, 5.74) is 1.36. The lowest BCUT2D eigenvalue weighted by Gasteiger charge is -2.21. The fraction of sp³-hybridized carbons (Fsp3) is 0.267. The number of pyridine rings is 1. The Balaban J connectivity index is 1.38. The average Bonchev–Trinajstić information content (AvgIpc) is 3.67. The van der Waals surface area contributed by atoms with Gasteiger partial charge in [-0.2, -0.15) is 8.78 Å². The maximum Gasteiger partial charge on any atom is 0.387 e. The minimum absolute atomic E-state index is 0.0995. The highest BCUT2D eigenvalue weighted by Crippen LogP contribution is 2.38. The molecule has 0 amide bonds. The maximum absolute atomic E-state index is 14.0. The number of alkyl halides is 2. The third-order valence-corrected chi connectivity index (χ3v) is 8.29. The van der Waals surface area contributed by atoms with Gasteiger partial charge in [-0.3, -0.25) is 0 Å². The third-order valence-electron chi connectivity index (χ3n) is 6.55. The highest BCUT2D eigenvalue weighted by atomic mass is 35.5. The molecule has 12 heteroatoms. The number of H-pyrrole nitrogens is 1. The first-order valence-electron chi connectivity index (χ1n) is 13.1. The van der Waals surface area contributed by atoms with Crippen molar-refractivity contribution in [3.8, 4) is 11.5 Å². The van der Waals surface area contributed by atoms with Crippen molar-refractivity contribution in [1.29, 1.82) is 0 Å². The van der Waals surface area contributed by atoms with Crippen molar-refractivity contribution >= 4 is 46.2 Å². The zero-order chi connectivity index (χ0) is 29.6.